The number of aliphatic hydroxyl groups is 17. The van der Waals surface area contributed by atoms with Crippen LogP contribution < -0.4 is 0 Å². The molecule has 0 aliphatic carbocycles. The van der Waals surface area contributed by atoms with Crippen molar-refractivity contribution in [2.45, 2.75) is 213 Å². The first-order chi connectivity index (χ1) is 36.0. The smallest absolute Gasteiger partial charge is 0.187 e. The average Bonchev–Trinajstić information content (AvgIpc) is 4.37. The summed E-state index contributed by atoms with van der Waals surface area (Å²) in [4.78, 5) is 0. The van der Waals surface area contributed by atoms with Gasteiger partial charge in [0.05, 0.1) is 56.7 Å². The Morgan fingerprint density at radius 3 is 0.760 bits per heavy atom. The number of hydrogen-bond donors (Lipinski definition) is 17. The molecule has 21 fully saturated rings. The molecule has 21 aliphatic heterocycles. The Kier molecular flexibility index (Phi) is 18.0. The van der Waals surface area contributed by atoms with Crippen LogP contribution in [-0.4, -0.2) is 346 Å². The van der Waals surface area contributed by atoms with Crippen LogP contribution in [0.1, 0.15) is 0 Å². The topological polar surface area (TPSA) is 486 Å². The van der Waals surface area contributed by atoms with Gasteiger partial charge in [-0.15, -0.1) is 11.8 Å². The first kappa shape index (κ1) is 57.3. The van der Waals surface area contributed by atoms with E-state index < -0.39 is 259 Å². The number of aliphatic hydroxyl groups excluding tert-OH is 17. The van der Waals surface area contributed by atoms with Crippen molar-refractivity contribution < 1.29 is 158 Å². The highest BCUT2D eigenvalue weighted by Gasteiger charge is 2.66. The maximum atomic E-state index is 11.4. The van der Waals surface area contributed by atoms with Gasteiger partial charge in [-0.2, -0.15) is 0 Å². The molecule has 0 aromatic carbocycles. The summed E-state index contributed by atoms with van der Waals surface area (Å²) in [5.41, 5.74) is 0. The molecule has 0 spiro atoms. The van der Waals surface area contributed by atoms with Crippen molar-refractivity contribution in [2.24, 2.45) is 0 Å². The van der Waals surface area contributed by atoms with Gasteiger partial charge in [-0.05, 0) is 0 Å². The number of epoxide rings is 1. The Morgan fingerprint density at radius 2 is 0.440 bits per heavy atom. The van der Waals surface area contributed by atoms with Crippen LogP contribution in [0.5, 0.6) is 0 Å². The third-order valence-corrected chi connectivity index (χ3v) is 16.6. The van der Waals surface area contributed by atoms with Gasteiger partial charge >= 0.3 is 0 Å². The lowest BCUT2D eigenvalue weighted by Crippen LogP contribution is -2.68. The zero-order chi connectivity index (χ0) is 53.5. The van der Waals surface area contributed by atoms with Gasteiger partial charge < -0.3 is 158 Å². The van der Waals surface area contributed by atoms with Crippen LogP contribution in [0.15, 0.2) is 0 Å². The molecule has 0 radical (unpaired) electrons. The van der Waals surface area contributed by atoms with E-state index in [1.54, 1.807) is 0 Å². The van der Waals surface area contributed by atoms with E-state index in [1.165, 1.54) is 11.8 Å². The monoisotopic (exact) mass is 1110 g/mol. The molecule has 17 N–H and O–H groups in total. The standard InChI is InChI=1S/C42H66O32S/c43-1-8-25-15(50)20(55)36(60-8)69-26-9(2-44)62-38(22(57)16(26)51)71-28-11(4-46)64-40(24(59)18(28)53)74-31-14(7-49)66-42(35-34(31)75-35)73-30-13(6-48)65-41(33-32(30)67-33)72-29-12(5-47)63-39(23(58)19(29)54)70-27-10(3-45)61-37(68-25)21(56)17(27)52/h8-59H,1-7H2/t8-,9-,10-,11-,12-,13-,14-,15-,16-,17-,18-,19-,20-,21-,22-,23-,24-,25-,26-,27-,28-,29-,30-,31-,32+,33+,34-,35-,36-,37-,38-,39-,40-,41-,42-/m1/s1. The average molecular weight is 1120 g/mol. The van der Waals surface area contributed by atoms with Crippen LogP contribution >= 0.6 is 11.8 Å². The fourth-order valence-corrected chi connectivity index (χ4v) is 12.1. The van der Waals surface area contributed by atoms with Gasteiger partial charge in [-0.3, -0.25) is 0 Å². The molecule has 75 heavy (non-hydrogen) atoms. The molecule has 432 valence electrons. The van der Waals surface area contributed by atoms with E-state index in [1.807, 2.05) is 0 Å². The molecule has 0 aromatic rings. The molecule has 14 bridgehead atoms. The molecule has 0 aromatic heterocycles. The second-order valence-corrected chi connectivity index (χ2v) is 21.2. The minimum atomic E-state index is -2.15. The van der Waals surface area contributed by atoms with E-state index in [2.05, 4.69) is 0 Å². The molecule has 33 heteroatoms. The van der Waals surface area contributed by atoms with Crippen molar-refractivity contribution in [3.63, 3.8) is 0 Å². The zero-order valence-corrected chi connectivity index (χ0v) is 40.1. The van der Waals surface area contributed by atoms with Crippen molar-refractivity contribution in [1.82, 2.24) is 0 Å². The Balaban J connectivity index is 0.908. The maximum Gasteiger partial charge on any atom is 0.187 e. The second kappa shape index (κ2) is 23.5. The van der Waals surface area contributed by atoms with Gasteiger partial charge in [0.2, 0.25) is 0 Å². The van der Waals surface area contributed by atoms with Gasteiger partial charge in [0.15, 0.2) is 44.0 Å². The minimum absolute atomic E-state index is 0.481. The molecule has 0 amide bonds. The van der Waals surface area contributed by atoms with Crippen molar-refractivity contribution in [2.75, 3.05) is 46.2 Å². The predicted octanol–water partition coefficient (Wildman–Crippen LogP) is -12.4. The molecule has 21 aliphatic rings. The van der Waals surface area contributed by atoms with Crippen LogP contribution in [0.25, 0.3) is 0 Å². The summed E-state index contributed by atoms with van der Waals surface area (Å²) in [5.74, 6) is 0. The van der Waals surface area contributed by atoms with E-state index in [0.29, 0.717) is 0 Å². The van der Waals surface area contributed by atoms with Crippen LogP contribution in [0.2, 0.25) is 0 Å². The summed E-state index contributed by atoms with van der Waals surface area (Å²) in [7, 11) is 0. The Labute approximate surface area is 428 Å². The van der Waals surface area contributed by atoms with Gasteiger partial charge in [-0.25, -0.2) is 0 Å². The highest BCUT2D eigenvalue weighted by atomic mass is 32.2. The Hall–Kier alpha value is -0.930. The fraction of sp³-hybridized carbons (Fsp3) is 1.00. The van der Waals surface area contributed by atoms with E-state index in [4.69, 9.17) is 71.1 Å². The first-order valence-electron chi connectivity index (χ1n) is 24.5. The number of fused-ring (bicyclic) bond motifs is 2. The van der Waals surface area contributed by atoms with Crippen molar-refractivity contribution in [3.05, 3.63) is 0 Å². The van der Waals surface area contributed by atoms with E-state index in [0.717, 1.165) is 0 Å². The summed E-state index contributed by atoms with van der Waals surface area (Å²) in [5, 5.41) is 185. The molecule has 0 saturated carbocycles. The Morgan fingerprint density at radius 1 is 0.200 bits per heavy atom. The van der Waals surface area contributed by atoms with E-state index >= 15 is 0 Å². The summed E-state index contributed by atoms with van der Waals surface area (Å²) < 4.78 is 88.3. The zero-order valence-electron chi connectivity index (χ0n) is 39.3. The SMILES string of the molecule is OC[C@H]1O[C@@H]2O[C@H]3[C@H](O)[C@@H](O)[C@@H](O[C@H]4[C@H](O)[C@@H](O)[C@@H](O[C@H]5[C@H]6S[C@H]6[C@@H](O[C@H]6[C@@H]7O[C@@H]7[C@@H](O[C@H]7[C@H](O)[C@@H](O)[C@@H](O[C@H]8[C@H](O)[C@@H](O)[C@@H](O[C@H]1[C@H](O)[C@H]2O)O[C@@H]8CO)O[C@@H]7CO)O[C@@H]6CO)O[C@@H]5CO)O[C@@H]4CO)O[C@@H]3CO. The van der Waals surface area contributed by atoms with Gasteiger partial charge in [-0.1, -0.05) is 0 Å². The van der Waals surface area contributed by atoms with Crippen LogP contribution in [0, 0.1) is 0 Å². The van der Waals surface area contributed by atoms with Crippen LogP contribution in [-0.2, 0) is 71.1 Å². The predicted molar refractivity (Wildman–Crippen MR) is 228 cm³/mol. The van der Waals surface area contributed by atoms with Gasteiger partial charge in [0.1, 0.15) is 159 Å². The molecular weight excluding hydrogens is 1050 g/mol. The summed E-state index contributed by atoms with van der Waals surface area (Å²) >= 11 is 1.30. The van der Waals surface area contributed by atoms with Crippen LogP contribution in [0.4, 0.5) is 0 Å². The number of thioether (sulfide) groups is 1. The molecule has 32 nitrogen and oxygen atoms in total. The van der Waals surface area contributed by atoms with Crippen LogP contribution in [0.3, 0.4) is 0 Å². The number of hydrogen-bond acceptors (Lipinski definition) is 33. The van der Waals surface area contributed by atoms with Crippen molar-refractivity contribution in [1.29, 1.82) is 0 Å². The molecule has 21 heterocycles. The number of rotatable bonds is 7. The fourth-order valence-electron chi connectivity index (χ4n) is 10.9. The third-order valence-electron chi connectivity index (χ3n) is 15.2. The van der Waals surface area contributed by atoms with E-state index in [-0.39, 0.29) is 0 Å². The molecule has 21 saturated heterocycles. The molecule has 21 rings (SSSR count). The summed E-state index contributed by atoms with van der Waals surface area (Å²) in [6.07, 6.45) is -55.3. The summed E-state index contributed by atoms with van der Waals surface area (Å²) in [6.45, 7) is -6.04. The van der Waals surface area contributed by atoms with E-state index in [9.17, 15) is 86.8 Å². The summed E-state index contributed by atoms with van der Waals surface area (Å²) in [6, 6.07) is 0. The third kappa shape index (κ3) is 10.8. The quantitative estimate of drug-likeness (QED) is 0.105. The lowest BCUT2D eigenvalue weighted by atomic mass is 9.95. The number of ether oxygens (including phenoxy) is 15. The maximum absolute atomic E-state index is 11.4. The lowest BCUT2D eigenvalue weighted by Gasteiger charge is -2.49. The normalized spacial score (nSPS) is 57.3. The van der Waals surface area contributed by atoms with Crippen molar-refractivity contribution in [3.8, 4) is 0 Å². The van der Waals surface area contributed by atoms with Gasteiger partial charge in [0.25, 0.3) is 0 Å². The Bertz CT molecular complexity index is 1860. The first-order valence-corrected chi connectivity index (χ1v) is 25.5. The van der Waals surface area contributed by atoms with Gasteiger partial charge in [0, 0.05) is 0 Å². The highest BCUT2D eigenvalue weighted by Crippen LogP contribution is 2.54. The molecular formula is C42H66O32S. The largest absolute Gasteiger partial charge is 0.394 e. The minimum Gasteiger partial charge on any atom is -0.394 e. The lowest BCUT2D eigenvalue weighted by molar-refractivity contribution is -0.395. The molecule has 0 unspecified atom stereocenters. The molecule has 35 atom stereocenters. The van der Waals surface area contributed by atoms with Crippen molar-refractivity contribution >= 4 is 11.8 Å². The second-order valence-electron chi connectivity index (χ2n) is 19.8. The highest BCUT2D eigenvalue weighted by molar-refractivity contribution is 8.07.